The maximum absolute atomic E-state index is 11.4. The number of hydrogen-bond donors (Lipinski definition) is 1. The average molecular weight is 356 g/mol. The molecule has 104 valence electrons. The standard InChI is InChI=1S/C14H12BrClN2O2/c15-10-6-5-8(16)7-12(10)18-11-4-2-1-3-9(11)13(17-18)14(19)20/h5-7H,1-4H2,(H,19,20). The molecule has 0 spiro atoms. The van der Waals surface area contributed by atoms with E-state index in [-0.39, 0.29) is 5.69 Å². The Bertz CT molecular complexity index is 697. The van der Waals surface area contributed by atoms with Crippen LogP contribution in [0.4, 0.5) is 0 Å². The van der Waals surface area contributed by atoms with Crippen LogP contribution in [0.2, 0.25) is 5.02 Å². The van der Waals surface area contributed by atoms with E-state index >= 15 is 0 Å². The van der Waals surface area contributed by atoms with Crippen LogP contribution in [0.5, 0.6) is 0 Å². The van der Waals surface area contributed by atoms with Crippen LogP contribution in [-0.2, 0) is 12.8 Å². The summed E-state index contributed by atoms with van der Waals surface area (Å²) in [5, 5.41) is 14.2. The van der Waals surface area contributed by atoms with E-state index in [1.165, 1.54) is 0 Å². The van der Waals surface area contributed by atoms with E-state index in [4.69, 9.17) is 11.6 Å². The number of carboxylic acid groups (broad SMARTS) is 1. The van der Waals surface area contributed by atoms with Gasteiger partial charge >= 0.3 is 5.97 Å². The maximum Gasteiger partial charge on any atom is 0.356 e. The van der Waals surface area contributed by atoms with Crippen molar-refractivity contribution in [1.29, 1.82) is 0 Å². The zero-order valence-corrected chi connectivity index (χ0v) is 12.9. The summed E-state index contributed by atoms with van der Waals surface area (Å²) in [4.78, 5) is 11.4. The molecule has 0 fully saturated rings. The molecule has 0 unspecified atom stereocenters. The summed E-state index contributed by atoms with van der Waals surface area (Å²) in [5.41, 5.74) is 2.78. The minimum absolute atomic E-state index is 0.159. The lowest BCUT2D eigenvalue weighted by molar-refractivity contribution is 0.0688. The summed E-state index contributed by atoms with van der Waals surface area (Å²) in [6, 6.07) is 5.41. The van der Waals surface area contributed by atoms with Crippen molar-refractivity contribution in [2.24, 2.45) is 0 Å². The van der Waals surface area contributed by atoms with Crippen molar-refractivity contribution < 1.29 is 9.90 Å². The molecule has 1 heterocycles. The second-order valence-corrected chi connectivity index (χ2v) is 6.08. The zero-order chi connectivity index (χ0) is 14.3. The molecule has 4 nitrogen and oxygen atoms in total. The number of rotatable bonds is 2. The van der Waals surface area contributed by atoms with Gasteiger partial charge < -0.3 is 5.11 Å². The number of benzene rings is 1. The summed E-state index contributed by atoms with van der Waals surface area (Å²) >= 11 is 9.52. The minimum atomic E-state index is -0.972. The largest absolute Gasteiger partial charge is 0.476 e. The first kappa shape index (κ1) is 13.6. The molecule has 3 rings (SSSR count). The van der Waals surface area contributed by atoms with Gasteiger partial charge in [0, 0.05) is 20.8 Å². The Morgan fingerprint density at radius 3 is 2.85 bits per heavy atom. The summed E-state index contributed by atoms with van der Waals surface area (Å²) in [6.07, 6.45) is 3.68. The van der Waals surface area contributed by atoms with Gasteiger partial charge in [-0.05, 0) is 59.8 Å². The number of aromatic carboxylic acids is 1. The molecule has 0 atom stereocenters. The first-order valence-electron chi connectivity index (χ1n) is 6.37. The van der Waals surface area contributed by atoms with Crippen molar-refractivity contribution in [1.82, 2.24) is 9.78 Å². The smallest absolute Gasteiger partial charge is 0.356 e. The predicted octanol–water partition coefficient (Wildman–Crippen LogP) is 3.87. The highest BCUT2D eigenvalue weighted by atomic mass is 79.9. The zero-order valence-electron chi connectivity index (χ0n) is 10.6. The van der Waals surface area contributed by atoms with Crippen molar-refractivity contribution in [2.75, 3.05) is 0 Å². The van der Waals surface area contributed by atoms with Gasteiger partial charge in [0.2, 0.25) is 0 Å². The van der Waals surface area contributed by atoms with E-state index in [9.17, 15) is 9.90 Å². The molecule has 0 amide bonds. The molecule has 2 aromatic rings. The number of halogens is 2. The van der Waals surface area contributed by atoms with Crippen LogP contribution in [0.1, 0.15) is 34.6 Å². The fraction of sp³-hybridized carbons (Fsp3) is 0.286. The Kier molecular flexibility index (Phi) is 3.56. The van der Waals surface area contributed by atoms with Gasteiger partial charge in [-0.3, -0.25) is 0 Å². The molecular weight excluding hydrogens is 344 g/mol. The van der Waals surface area contributed by atoms with Crippen LogP contribution in [0.15, 0.2) is 22.7 Å². The predicted molar refractivity (Wildman–Crippen MR) is 79.9 cm³/mol. The second-order valence-electron chi connectivity index (χ2n) is 4.79. The molecule has 0 saturated heterocycles. The Hall–Kier alpha value is -1.33. The highest BCUT2D eigenvalue weighted by Gasteiger charge is 2.25. The fourth-order valence-electron chi connectivity index (χ4n) is 2.62. The highest BCUT2D eigenvalue weighted by Crippen LogP contribution is 2.31. The SMILES string of the molecule is O=C(O)c1nn(-c2cc(Cl)ccc2Br)c2c1CCCC2. The molecule has 1 aliphatic rings. The van der Waals surface area contributed by atoms with Gasteiger partial charge in [-0.2, -0.15) is 5.10 Å². The highest BCUT2D eigenvalue weighted by molar-refractivity contribution is 9.10. The van der Waals surface area contributed by atoms with Crippen molar-refractivity contribution in [3.05, 3.63) is 44.6 Å². The molecule has 6 heteroatoms. The molecule has 1 aromatic carbocycles. The van der Waals surface area contributed by atoms with Gasteiger partial charge in [0.1, 0.15) is 0 Å². The summed E-state index contributed by atoms with van der Waals surface area (Å²) < 4.78 is 2.56. The van der Waals surface area contributed by atoms with Crippen LogP contribution >= 0.6 is 27.5 Å². The topological polar surface area (TPSA) is 55.1 Å². The third kappa shape index (κ3) is 2.25. The van der Waals surface area contributed by atoms with Gasteiger partial charge in [0.15, 0.2) is 5.69 Å². The lowest BCUT2D eigenvalue weighted by Gasteiger charge is -2.15. The molecular formula is C14H12BrClN2O2. The normalized spacial score (nSPS) is 14.1. The summed E-state index contributed by atoms with van der Waals surface area (Å²) in [7, 11) is 0. The Morgan fingerprint density at radius 1 is 1.35 bits per heavy atom. The average Bonchev–Trinajstić information content (AvgIpc) is 2.81. The quantitative estimate of drug-likeness (QED) is 0.890. The molecule has 1 aliphatic carbocycles. The number of carboxylic acids is 1. The van der Waals surface area contributed by atoms with Gasteiger partial charge in [0.05, 0.1) is 5.69 Å². The maximum atomic E-state index is 11.4. The number of hydrogen-bond acceptors (Lipinski definition) is 2. The first-order chi connectivity index (χ1) is 9.58. The van der Waals surface area contributed by atoms with Gasteiger partial charge in [-0.15, -0.1) is 0 Å². The van der Waals surface area contributed by atoms with Crippen LogP contribution < -0.4 is 0 Å². The molecule has 1 aromatic heterocycles. The van der Waals surface area contributed by atoms with E-state index in [1.807, 2.05) is 6.07 Å². The third-order valence-corrected chi connectivity index (χ3v) is 4.42. The summed E-state index contributed by atoms with van der Waals surface area (Å²) in [5.74, 6) is -0.972. The fourth-order valence-corrected chi connectivity index (χ4v) is 3.20. The molecule has 0 saturated carbocycles. The monoisotopic (exact) mass is 354 g/mol. The van der Waals surface area contributed by atoms with Gasteiger partial charge in [-0.1, -0.05) is 11.6 Å². The Morgan fingerprint density at radius 2 is 2.10 bits per heavy atom. The van der Waals surface area contributed by atoms with E-state index in [0.29, 0.717) is 5.02 Å². The van der Waals surface area contributed by atoms with E-state index < -0.39 is 5.97 Å². The Balaban J connectivity index is 2.23. The number of nitrogens with zero attached hydrogens (tertiary/aromatic N) is 2. The summed E-state index contributed by atoms with van der Waals surface area (Å²) in [6.45, 7) is 0. The van der Waals surface area contributed by atoms with E-state index in [2.05, 4.69) is 21.0 Å². The second kappa shape index (κ2) is 5.22. The lowest BCUT2D eigenvalue weighted by atomic mass is 9.95. The minimum Gasteiger partial charge on any atom is -0.476 e. The van der Waals surface area contributed by atoms with Crippen molar-refractivity contribution in [2.45, 2.75) is 25.7 Å². The van der Waals surface area contributed by atoms with Crippen LogP contribution in [0, 0.1) is 0 Å². The molecule has 0 bridgehead atoms. The number of fused-ring (bicyclic) bond motifs is 1. The van der Waals surface area contributed by atoms with Crippen molar-refractivity contribution in [3.63, 3.8) is 0 Å². The van der Waals surface area contributed by atoms with E-state index in [1.54, 1.807) is 16.8 Å². The van der Waals surface area contributed by atoms with Gasteiger partial charge in [-0.25, -0.2) is 9.48 Å². The van der Waals surface area contributed by atoms with Crippen LogP contribution in [0.25, 0.3) is 5.69 Å². The molecule has 1 N–H and O–H groups in total. The van der Waals surface area contributed by atoms with Crippen LogP contribution in [0.3, 0.4) is 0 Å². The van der Waals surface area contributed by atoms with Crippen molar-refractivity contribution >= 4 is 33.5 Å². The Labute approximate surface area is 129 Å². The van der Waals surface area contributed by atoms with E-state index in [0.717, 1.165) is 47.1 Å². The molecule has 20 heavy (non-hydrogen) atoms. The number of aromatic nitrogens is 2. The van der Waals surface area contributed by atoms with Crippen LogP contribution in [-0.4, -0.2) is 20.9 Å². The van der Waals surface area contributed by atoms with Crippen molar-refractivity contribution in [3.8, 4) is 5.69 Å². The van der Waals surface area contributed by atoms with Gasteiger partial charge in [0.25, 0.3) is 0 Å². The first-order valence-corrected chi connectivity index (χ1v) is 7.54. The number of carbonyl (C=O) groups is 1. The third-order valence-electron chi connectivity index (χ3n) is 3.52. The molecule has 0 aliphatic heterocycles. The lowest BCUT2D eigenvalue weighted by Crippen LogP contribution is -2.08. The molecule has 0 radical (unpaired) electrons.